The highest BCUT2D eigenvalue weighted by Crippen LogP contribution is 2.39. The molecule has 0 amide bonds. The standard InChI is InChI=1S/C24H24Cl2N2/c1-3-21-23(18-11-7-9-15-8-5-6-10-17(15)18)27-22(4-2)24(28-21)19-13-12-16(25)14-20(19)26/h5-6,8,10,12-14,18H,3-4,7,9,11H2,1-2H3. The molecule has 1 aromatic heterocycles. The van der Waals surface area contributed by atoms with Crippen molar-refractivity contribution in [2.75, 3.05) is 0 Å². The van der Waals surface area contributed by atoms with E-state index in [1.165, 1.54) is 17.5 Å². The summed E-state index contributed by atoms with van der Waals surface area (Å²) in [6.45, 7) is 4.28. The van der Waals surface area contributed by atoms with Crippen molar-refractivity contribution in [1.29, 1.82) is 0 Å². The maximum absolute atomic E-state index is 6.49. The lowest BCUT2D eigenvalue weighted by molar-refractivity contribution is 0.594. The lowest BCUT2D eigenvalue weighted by Crippen LogP contribution is -2.17. The van der Waals surface area contributed by atoms with Gasteiger partial charge in [-0.05, 0) is 61.4 Å². The molecule has 2 aromatic carbocycles. The van der Waals surface area contributed by atoms with Crippen LogP contribution in [0.2, 0.25) is 10.0 Å². The summed E-state index contributed by atoms with van der Waals surface area (Å²) in [6, 6.07) is 14.4. The van der Waals surface area contributed by atoms with Crippen molar-refractivity contribution in [1.82, 2.24) is 9.97 Å². The summed E-state index contributed by atoms with van der Waals surface area (Å²) in [7, 11) is 0. The van der Waals surface area contributed by atoms with Crippen LogP contribution in [0.3, 0.4) is 0 Å². The summed E-state index contributed by atoms with van der Waals surface area (Å²) < 4.78 is 0. The first kappa shape index (κ1) is 19.4. The van der Waals surface area contributed by atoms with E-state index in [4.69, 9.17) is 33.2 Å². The molecule has 1 heterocycles. The summed E-state index contributed by atoms with van der Waals surface area (Å²) in [5.41, 5.74) is 7.86. The first-order valence-corrected chi connectivity index (χ1v) is 10.8. The second-order valence-electron chi connectivity index (χ2n) is 7.33. The monoisotopic (exact) mass is 410 g/mol. The molecule has 2 nitrogen and oxygen atoms in total. The van der Waals surface area contributed by atoms with Crippen molar-refractivity contribution in [3.63, 3.8) is 0 Å². The third-order valence-electron chi connectivity index (χ3n) is 5.63. The van der Waals surface area contributed by atoms with Crippen LogP contribution in [0.25, 0.3) is 11.3 Å². The molecular formula is C24H24Cl2N2. The van der Waals surface area contributed by atoms with Crippen molar-refractivity contribution in [3.8, 4) is 11.3 Å². The Morgan fingerprint density at radius 2 is 1.75 bits per heavy atom. The van der Waals surface area contributed by atoms with E-state index in [1.54, 1.807) is 6.07 Å². The molecule has 1 aliphatic carbocycles. The number of halogens is 2. The molecule has 1 aliphatic rings. The highest BCUT2D eigenvalue weighted by molar-refractivity contribution is 6.36. The van der Waals surface area contributed by atoms with E-state index in [1.807, 2.05) is 12.1 Å². The Balaban J connectivity index is 1.87. The molecular weight excluding hydrogens is 387 g/mol. The van der Waals surface area contributed by atoms with Gasteiger partial charge in [-0.15, -0.1) is 0 Å². The molecule has 1 atom stereocenters. The topological polar surface area (TPSA) is 25.8 Å². The molecule has 0 spiro atoms. The Morgan fingerprint density at radius 1 is 0.964 bits per heavy atom. The van der Waals surface area contributed by atoms with Crippen LogP contribution < -0.4 is 0 Å². The molecule has 3 aromatic rings. The molecule has 0 fully saturated rings. The molecule has 4 heteroatoms. The normalized spacial score (nSPS) is 16.1. The Morgan fingerprint density at radius 3 is 2.50 bits per heavy atom. The van der Waals surface area contributed by atoms with Crippen LogP contribution in [0.5, 0.6) is 0 Å². The summed E-state index contributed by atoms with van der Waals surface area (Å²) in [5, 5.41) is 1.25. The molecule has 0 saturated carbocycles. The molecule has 4 rings (SSSR count). The van der Waals surface area contributed by atoms with Gasteiger partial charge < -0.3 is 0 Å². The van der Waals surface area contributed by atoms with Crippen LogP contribution in [0, 0.1) is 0 Å². The van der Waals surface area contributed by atoms with Gasteiger partial charge in [-0.25, -0.2) is 4.98 Å². The van der Waals surface area contributed by atoms with Crippen LogP contribution in [0.4, 0.5) is 0 Å². The van der Waals surface area contributed by atoms with Crippen LogP contribution in [-0.2, 0) is 19.3 Å². The molecule has 0 saturated heterocycles. The van der Waals surface area contributed by atoms with E-state index in [0.717, 1.165) is 54.0 Å². The molecule has 0 bridgehead atoms. The maximum Gasteiger partial charge on any atom is 0.0935 e. The number of benzene rings is 2. The van der Waals surface area contributed by atoms with E-state index < -0.39 is 0 Å². The van der Waals surface area contributed by atoms with E-state index in [0.29, 0.717) is 16.0 Å². The van der Waals surface area contributed by atoms with E-state index in [9.17, 15) is 0 Å². The quantitative estimate of drug-likeness (QED) is 0.460. The Hall–Kier alpha value is -1.90. The molecule has 144 valence electrons. The predicted molar refractivity (Wildman–Crippen MR) is 117 cm³/mol. The van der Waals surface area contributed by atoms with Gasteiger partial charge in [0.05, 0.1) is 27.8 Å². The first-order valence-electron chi connectivity index (χ1n) is 10.0. The fourth-order valence-electron chi connectivity index (χ4n) is 4.24. The van der Waals surface area contributed by atoms with Gasteiger partial charge in [0.1, 0.15) is 0 Å². The summed E-state index contributed by atoms with van der Waals surface area (Å²) in [6.07, 6.45) is 5.14. The van der Waals surface area contributed by atoms with Gasteiger partial charge in [0.2, 0.25) is 0 Å². The van der Waals surface area contributed by atoms with Crippen LogP contribution in [0.1, 0.15) is 60.8 Å². The van der Waals surface area contributed by atoms with E-state index >= 15 is 0 Å². The average Bonchev–Trinajstić information content (AvgIpc) is 2.72. The summed E-state index contributed by atoms with van der Waals surface area (Å²) in [4.78, 5) is 10.3. The fraction of sp³-hybridized carbons (Fsp3) is 0.333. The van der Waals surface area contributed by atoms with Crippen molar-refractivity contribution in [3.05, 3.63) is 80.7 Å². The number of hydrogen-bond acceptors (Lipinski definition) is 2. The van der Waals surface area contributed by atoms with Crippen molar-refractivity contribution in [2.45, 2.75) is 51.9 Å². The van der Waals surface area contributed by atoms with Gasteiger partial charge in [-0.2, -0.15) is 0 Å². The Kier molecular flexibility index (Phi) is 5.70. The zero-order chi connectivity index (χ0) is 19.7. The third-order valence-corrected chi connectivity index (χ3v) is 6.17. The van der Waals surface area contributed by atoms with E-state index in [2.05, 4.69) is 38.1 Å². The number of aryl methyl sites for hydroxylation is 3. The molecule has 0 N–H and O–H groups in total. The largest absolute Gasteiger partial charge is 0.253 e. The van der Waals surface area contributed by atoms with Gasteiger partial charge in [-0.1, -0.05) is 61.3 Å². The Labute approximate surface area is 177 Å². The molecule has 1 unspecified atom stereocenters. The van der Waals surface area contributed by atoms with Crippen molar-refractivity contribution >= 4 is 23.2 Å². The smallest absolute Gasteiger partial charge is 0.0935 e. The number of aromatic nitrogens is 2. The Bertz CT molecular complexity index is 1010. The molecule has 0 radical (unpaired) electrons. The predicted octanol–water partition coefficient (Wildman–Crippen LogP) is 7.04. The SMILES string of the molecule is CCc1nc(C2CCCc3ccccc32)c(CC)nc1-c1ccc(Cl)cc1Cl. The van der Waals surface area contributed by atoms with Gasteiger partial charge in [0.25, 0.3) is 0 Å². The molecule has 0 aliphatic heterocycles. The highest BCUT2D eigenvalue weighted by Gasteiger charge is 2.26. The number of rotatable bonds is 4. The summed E-state index contributed by atoms with van der Waals surface area (Å²) >= 11 is 12.6. The van der Waals surface area contributed by atoms with Gasteiger partial charge in [0.15, 0.2) is 0 Å². The van der Waals surface area contributed by atoms with Gasteiger partial charge in [0, 0.05) is 16.5 Å². The van der Waals surface area contributed by atoms with Crippen LogP contribution in [0.15, 0.2) is 42.5 Å². The first-order chi connectivity index (χ1) is 13.6. The third kappa shape index (κ3) is 3.56. The van der Waals surface area contributed by atoms with Gasteiger partial charge in [-0.3, -0.25) is 4.98 Å². The number of fused-ring (bicyclic) bond motifs is 1. The lowest BCUT2D eigenvalue weighted by atomic mass is 9.80. The average molecular weight is 411 g/mol. The summed E-state index contributed by atoms with van der Waals surface area (Å²) in [5.74, 6) is 0.326. The zero-order valence-electron chi connectivity index (χ0n) is 16.3. The minimum Gasteiger partial charge on any atom is -0.253 e. The number of hydrogen-bond donors (Lipinski definition) is 0. The second kappa shape index (κ2) is 8.23. The highest BCUT2D eigenvalue weighted by atomic mass is 35.5. The van der Waals surface area contributed by atoms with Crippen molar-refractivity contribution in [2.24, 2.45) is 0 Å². The lowest BCUT2D eigenvalue weighted by Gasteiger charge is -2.27. The van der Waals surface area contributed by atoms with Crippen LogP contribution >= 0.6 is 23.2 Å². The minimum absolute atomic E-state index is 0.326. The van der Waals surface area contributed by atoms with E-state index in [-0.39, 0.29) is 0 Å². The van der Waals surface area contributed by atoms with Crippen LogP contribution in [-0.4, -0.2) is 9.97 Å². The molecule has 28 heavy (non-hydrogen) atoms. The fourth-order valence-corrected chi connectivity index (χ4v) is 4.74. The van der Waals surface area contributed by atoms with Crippen molar-refractivity contribution < 1.29 is 0 Å². The number of nitrogens with zero attached hydrogens (tertiary/aromatic N) is 2. The van der Waals surface area contributed by atoms with Gasteiger partial charge >= 0.3 is 0 Å². The zero-order valence-corrected chi connectivity index (χ0v) is 17.8. The minimum atomic E-state index is 0.326. The maximum atomic E-state index is 6.49. The second-order valence-corrected chi connectivity index (χ2v) is 8.17.